The fourth-order valence-electron chi connectivity index (χ4n) is 3.09. The van der Waals surface area contributed by atoms with E-state index < -0.39 is 26.9 Å². The molecule has 0 aliphatic heterocycles. The molecule has 0 heterocycles. The second-order valence-electron chi connectivity index (χ2n) is 7.22. The molecule has 1 unspecified atom stereocenters. The Labute approximate surface area is 171 Å². The SMILES string of the molecule is CCCCCCCCCC(CCCCCCCCOS(=O)(=O)O)OS(=O)(=O)O. The summed E-state index contributed by atoms with van der Waals surface area (Å²) < 4.78 is 69.2. The van der Waals surface area contributed by atoms with Crippen molar-refractivity contribution in [1.29, 1.82) is 0 Å². The van der Waals surface area contributed by atoms with Crippen molar-refractivity contribution in [2.24, 2.45) is 0 Å². The highest BCUT2D eigenvalue weighted by atomic mass is 32.3. The van der Waals surface area contributed by atoms with Crippen molar-refractivity contribution in [3.8, 4) is 0 Å². The largest absolute Gasteiger partial charge is 0.397 e. The summed E-state index contributed by atoms with van der Waals surface area (Å²) in [7, 11) is -8.78. The molecular formula is C18H38O8S2. The molecule has 10 heteroatoms. The molecule has 2 N–H and O–H groups in total. The lowest BCUT2D eigenvalue weighted by molar-refractivity contribution is 0.157. The van der Waals surface area contributed by atoms with Crippen LogP contribution in [0.1, 0.15) is 103 Å². The molecule has 170 valence electrons. The first-order chi connectivity index (χ1) is 13.1. The molecule has 0 amide bonds. The van der Waals surface area contributed by atoms with E-state index in [-0.39, 0.29) is 6.61 Å². The van der Waals surface area contributed by atoms with Gasteiger partial charge in [-0.15, -0.1) is 0 Å². The van der Waals surface area contributed by atoms with Gasteiger partial charge in [-0.05, 0) is 19.3 Å². The van der Waals surface area contributed by atoms with Crippen molar-refractivity contribution in [3.63, 3.8) is 0 Å². The van der Waals surface area contributed by atoms with Gasteiger partial charge in [-0.1, -0.05) is 84.0 Å². The first-order valence-electron chi connectivity index (χ1n) is 10.4. The average molecular weight is 447 g/mol. The zero-order chi connectivity index (χ0) is 21.3. The van der Waals surface area contributed by atoms with Gasteiger partial charge in [-0.3, -0.25) is 9.11 Å². The Balaban J connectivity index is 3.82. The van der Waals surface area contributed by atoms with Crippen LogP contribution >= 0.6 is 0 Å². The molecule has 8 nitrogen and oxygen atoms in total. The van der Waals surface area contributed by atoms with E-state index in [0.29, 0.717) is 19.3 Å². The van der Waals surface area contributed by atoms with Crippen LogP contribution < -0.4 is 0 Å². The standard InChI is InChI=1S/C18H38O8S2/c1-2-3-4-5-6-9-12-15-18(26-28(22,23)24)16-13-10-7-8-11-14-17-25-27(19,20)21/h18H,2-17H2,1H3,(H,19,20,21)(H,22,23,24). The monoisotopic (exact) mass is 446 g/mol. The maximum absolute atomic E-state index is 11.0. The summed E-state index contributed by atoms with van der Waals surface area (Å²) in [5.74, 6) is 0. The number of rotatable bonds is 20. The molecule has 0 radical (unpaired) electrons. The highest BCUT2D eigenvalue weighted by Gasteiger charge is 2.16. The molecule has 0 saturated carbocycles. The normalized spacial score (nSPS) is 13.7. The first-order valence-corrected chi connectivity index (χ1v) is 13.1. The molecule has 0 spiro atoms. The fourth-order valence-corrected chi connectivity index (χ4v) is 3.95. The predicted octanol–water partition coefficient (Wildman–Crippen LogP) is 4.87. The summed E-state index contributed by atoms with van der Waals surface area (Å²) >= 11 is 0. The highest BCUT2D eigenvalue weighted by Crippen LogP contribution is 2.18. The van der Waals surface area contributed by atoms with E-state index >= 15 is 0 Å². The molecule has 0 aromatic heterocycles. The maximum Gasteiger partial charge on any atom is 0.397 e. The third-order valence-corrected chi connectivity index (χ3v) is 5.52. The van der Waals surface area contributed by atoms with Gasteiger partial charge in [-0.2, -0.15) is 16.8 Å². The zero-order valence-electron chi connectivity index (χ0n) is 17.1. The summed E-state index contributed by atoms with van der Waals surface area (Å²) in [5.41, 5.74) is 0. The van der Waals surface area contributed by atoms with Crippen molar-refractivity contribution < 1.29 is 34.3 Å². The van der Waals surface area contributed by atoms with E-state index in [4.69, 9.17) is 13.3 Å². The summed E-state index contributed by atoms with van der Waals surface area (Å²) in [5, 5.41) is 0. The predicted molar refractivity (Wildman–Crippen MR) is 109 cm³/mol. The molecule has 28 heavy (non-hydrogen) atoms. The van der Waals surface area contributed by atoms with Crippen molar-refractivity contribution >= 4 is 20.8 Å². The summed E-state index contributed by atoms with van der Waals surface area (Å²) in [6.45, 7) is 2.15. The summed E-state index contributed by atoms with van der Waals surface area (Å²) in [6, 6.07) is 0. The minimum Gasteiger partial charge on any atom is -0.264 e. The molecule has 0 aliphatic rings. The summed E-state index contributed by atoms with van der Waals surface area (Å²) in [4.78, 5) is 0. The van der Waals surface area contributed by atoms with Gasteiger partial charge in [0.2, 0.25) is 0 Å². The number of hydrogen-bond acceptors (Lipinski definition) is 6. The van der Waals surface area contributed by atoms with E-state index in [9.17, 15) is 16.8 Å². The summed E-state index contributed by atoms with van der Waals surface area (Å²) in [6.07, 6.45) is 13.6. The van der Waals surface area contributed by atoms with Crippen LogP contribution in [-0.4, -0.2) is 38.7 Å². The molecule has 0 aromatic carbocycles. The van der Waals surface area contributed by atoms with Gasteiger partial charge in [0.25, 0.3) is 0 Å². The third kappa shape index (κ3) is 22.0. The maximum atomic E-state index is 11.0. The van der Waals surface area contributed by atoms with E-state index in [2.05, 4.69) is 11.1 Å². The Hall–Kier alpha value is -0.260. The van der Waals surface area contributed by atoms with Crippen LogP contribution in [-0.2, 0) is 29.2 Å². The van der Waals surface area contributed by atoms with E-state index in [1.54, 1.807) is 0 Å². The smallest absolute Gasteiger partial charge is 0.264 e. The van der Waals surface area contributed by atoms with Gasteiger partial charge < -0.3 is 0 Å². The first kappa shape index (κ1) is 27.7. The van der Waals surface area contributed by atoms with Crippen LogP contribution in [0.3, 0.4) is 0 Å². The van der Waals surface area contributed by atoms with Crippen molar-refractivity contribution in [2.45, 2.75) is 109 Å². The average Bonchev–Trinajstić information content (AvgIpc) is 2.57. The van der Waals surface area contributed by atoms with Gasteiger partial charge in [0.1, 0.15) is 0 Å². The fraction of sp³-hybridized carbons (Fsp3) is 1.00. The van der Waals surface area contributed by atoms with Crippen LogP contribution in [0.25, 0.3) is 0 Å². The molecular weight excluding hydrogens is 408 g/mol. The molecule has 0 saturated heterocycles. The van der Waals surface area contributed by atoms with Crippen molar-refractivity contribution in [3.05, 3.63) is 0 Å². The topological polar surface area (TPSA) is 127 Å². The van der Waals surface area contributed by atoms with Gasteiger partial charge in [0.05, 0.1) is 12.7 Å². The second-order valence-corrected chi connectivity index (χ2v) is 9.35. The van der Waals surface area contributed by atoms with Crippen molar-refractivity contribution in [1.82, 2.24) is 0 Å². The van der Waals surface area contributed by atoms with E-state index in [1.807, 2.05) is 0 Å². The molecule has 0 rings (SSSR count). The minimum absolute atomic E-state index is 0.0262. The van der Waals surface area contributed by atoms with E-state index in [0.717, 1.165) is 51.4 Å². The van der Waals surface area contributed by atoms with Crippen LogP contribution in [0.4, 0.5) is 0 Å². The number of hydrogen-bond donors (Lipinski definition) is 2. The molecule has 0 fully saturated rings. The molecule has 1 atom stereocenters. The van der Waals surface area contributed by atoms with Crippen LogP contribution in [0.15, 0.2) is 0 Å². The lowest BCUT2D eigenvalue weighted by Gasteiger charge is -2.15. The van der Waals surface area contributed by atoms with Crippen LogP contribution in [0.5, 0.6) is 0 Å². The Morgan fingerprint density at radius 3 is 1.50 bits per heavy atom. The van der Waals surface area contributed by atoms with Crippen LogP contribution in [0.2, 0.25) is 0 Å². The number of unbranched alkanes of at least 4 members (excludes halogenated alkanes) is 11. The van der Waals surface area contributed by atoms with Gasteiger partial charge in [0.15, 0.2) is 0 Å². The molecule has 0 aromatic rings. The third-order valence-electron chi connectivity index (χ3n) is 4.54. The quantitative estimate of drug-likeness (QED) is 0.200. The lowest BCUT2D eigenvalue weighted by Crippen LogP contribution is -2.18. The Morgan fingerprint density at radius 1 is 0.643 bits per heavy atom. The van der Waals surface area contributed by atoms with Crippen molar-refractivity contribution in [2.75, 3.05) is 6.61 Å². The highest BCUT2D eigenvalue weighted by molar-refractivity contribution is 7.81. The second kappa shape index (κ2) is 16.5. The lowest BCUT2D eigenvalue weighted by atomic mass is 10.0. The van der Waals surface area contributed by atoms with Crippen LogP contribution in [0, 0.1) is 0 Å². The van der Waals surface area contributed by atoms with Gasteiger partial charge in [0, 0.05) is 0 Å². The minimum atomic E-state index is -4.43. The molecule has 0 bridgehead atoms. The Bertz CT molecular complexity index is 560. The zero-order valence-corrected chi connectivity index (χ0v) is 18.7. The van der Waals surface area contributed by atoms with E-state index in [1.165, 1.54) is 25.7 Å². The Kier molecular flexibility index (Phi) is 16.4. The van der Waals surface area contributed by atoms with Gasteiger partial charge >= 0.3 is 20.8 Å². The van der Waals surface area contributed by atoms with Gasteiger partial charge in [-0.25, -0.2) is 8.37 Å². The Morgan fingerprint density at radius 2 is 1.07 bits per heavy atom. The molecule has 0 aliphatic carbocycles.